The third kappa shape index (κ3) is 2.39. The Bertz CT molecular complexity index is 1250. The van der Waals surface area contributed by atoms with Crippen LogP contribution in [0.1, 0.15) is 32.6 Å². The molecule has 1 aliphatic heterocycles. The van der Waals surface area contributed by atoms with Crippen molar-refractivity contribution < 1.29 is 19.1 Å². The number of esters is 1. The maximum atomic E-state index is 13.9. The molecular formula is C26H17Br2NO4. The molecular weight excluding hydrogens is 550 g/mol. The van der Waals surface area contributed by atoms with Crippen LogP contribution < -0.4 is 4.90 Å². The number of amides is 2. The summed E-state index contributed by atoms with van der Waals surface area (Å²) in [5, 5.41) is 0. The largest absolute Gasteiger partial charge is 0.465 e. The molecule has 0 unspecified atom stereocenters. The monoisotopic (exact) mass is 565 g/mol. The third-order valence-corrected chi connectivity index (χ3v) is 9.83. The minimum atomic E-state index is -0.826. The summed E-state index contributed by atoms with van der Waals surface area (Å²) in [5.74, 6) is -2.26. The second-order valence-electron chi connectivity index (χ2n) is 8.52. The van der Waals surface area contributed by atoms with Crippen LogP contribution in [0.25, 0.3) is 0 Å². The molecule has 1 heterocycles. The van der Waals surface area contributed by atoms with Gasteiger partial charge >= 0.3 is 5.97 Å². The lowest BCUT2D eigenvalue weighted by Gasteiger charge is -2.55. The summed E-state index contributed by atoms with van der Waals surface area (Å²) in [6.07, 6.45) is 0. The number of carbonyl (C=O) groups excluding carboxylic acids is 3. The number of ether oxygens (including phenoxy) is 1. The summed E-state index contributed by atoms with van der Waals surface area (Å²) in [7, 11) is 1.31. The molecule has 0 radical (unpaired) electrons. The molecule has 2 bridgehead atoms. The summed E-state index contributed by atoms with van der Waals surface area (Å²) in [6.45, 7) is 0. The van der Waals surface area contributed by atoms with Crippen molar-refractivity contribution in [2.75, 3.05) is 12.0 Å². The predicted molar refractivity (Wildman–Crippen MR) is 130 cm³/mol. The number of imide groups is 1. The number of hydrogen-bond donors (Lipinski definition) is 0. The molecule has 0 N–H and O–H groups in total. The average molecular weight is 567 g/mol. The first kappa shape index (κ1) is 20.8. The molecule has 1 saturated heterocycles. The number of nitrogens with zero attached hydrogens (tertiary/aromatic N) is 1. The molecule has 0 spiro atoms. The minimum absolute atomic E-state index is 0.263. The lowest BCUT2D eigenvalue weighted by molar-refractivity contribution is -0.122. The molecule has 1 fully saturated rings. The minimum Gasteiger partial charge on any atom is -0.465 e. The second kappa shape index (κ2) is 6.87. The molecule has 164 valence electrons. The number of alkyl halides is 2. The first-order valence-electron chi connectivity index (χ1n) is 10.5. The van der Waals surface area contributed by atoms with E-state index in [-0.39, 0.29) is 11.8 Å². The molecule has 3 aromatic carbocycles. The fourth-order valence-electron chi connectivity index (χ4n) is 5.79. The van der Waals surface area contributed by atoms with Crippen molar-refractivity contribution in [3.05, 3.63) is 101 Å². The van der Waals surface area contributed by atoms with E-state index in [9.17, 15) is 14.4 Å². The molecule has 2 atom stereocenters. The van der Waals surface area contributed by atoms with Gasteiger partial charge in [-0.25, -0.2) is 9.69 Å². The average Bonchev–Trinajstić information content (AvgIpc) is 3.13. The van der Waals surface area contributed by atoms with Gasteiger partial charge in [0.25, 0.3) is 0 Å². The van der Waals surface area contributed by atoms with Crippen molar-refractivity contribution in [3.8, 4) is 0 Å². The number of benzene rings is 3. The van der Waals surface area contributed by atoms with Gasteiger partial charge in [0.1, 0.15) is 0 Å². The maximum Gasteiger partial charge on any atom is 0.337 e. The van der Waals surface area contributed by atoms with Crippen LogP contribution in [0.5, 0.6) is 0 Å². The van der Waals surface area contributed by atoms with Crippen LogP contribution in [0.4, 0.5) is 5.69 Å². The van der Waals surface area contributed by atoms with Gasteiger partial charge in [-0.3, -0.25) is 9.59 Å². The van der Waals surface area contributed by atoms with Crippen molar-refractivity contribution >= 4 is 55.3 Å². The Morgan fingerprint density at radius 2 is 1.15 bits per heavy atom. The zero-order valence-electron chi connectivity index (χ0n) is 17.4. The first-order valence-corrected chi connectivity index (χ1v) is 12.1. The Morgan fingerprint density at radius 3 is 1.52 bits per heavy atom. The van der Waals surface area contributed by atoms with Gasteiger partial charge in [-0.1, -0.05) is 80.4 Å². The number of hydrogen-bond acceptors (Lipinski definition) is 4. The normalized spacial score (nSPS) is 28.9. The summed E-state index contributed by atoms with van der Waals surface area (Å²) in [6, 6.07) is 22.3. The standard InChI is InChI=1S/C26H17Br2NO4/c1-33-24(32)14-10-12-15(13-11-14)29-22(30)20-21(23(29)31)26(28)17-7-3-2-6-16(17)25(20,27)18-8-4-5-9-19(18)26/h2-13,20-21H,1H3/t20-,21-,25?,26?/m1/s1. The summed E-state index contributed by atoms with van der Waals surface area (Å²) in [4.78, 5) is 41.0. The second-order valence-corrected chi connectivity index (χ2v) is 11.0. The highest BCUT2D eigenvalue weighted by molar-refractivity contribution is 9.10. The highest BCUT2D eigenvalue weighted by Gasteiger charge is 2.72. The number of carbonyl (C=O) groups is 3. The Kier molecular flexibility index (Phi) is 4.33. The smallest absolute Gasteiger partial charge is 0.337 e. The van der Waals surface area contributed by atoms with E-state index in [1.54, 1.807) is 24.3 Å². The van der Waals surface area contributed by atoms with Gasteiger partial charge in [0, 0.05) is 0 Å². The van der Waals surface area contributed by atoms with Crippen molar-refractivity contribution in [2.45, 2.75) is 8.65 Å². The molecule has 5 nitrogen and oxygen atoms in total. The topological polar surface area (TPSA) is 63.7 Å². The molecule has 7 heteroatoms. The molecule has 4 aliphatic rings. The fourth-order valence-corrected chi connectivity index (χ4v) is 8.09. The highest BCUT2D eigenvalue weighted by atomic mass is 79.9. The Balaban J connectivity index is 1.56. The maximum absolute atomic E-state index is 13.9. The summed E-state index contributed by atoms with van der Waals surface area (Å²) >= 11 is 7.98. The number of anilines is 1. The van der Waals surface area contributed by atoms with Crippen LogP contribution in [-0.4, -0.2) is 24.9 Å². The van der Waals surface area contributed by atoms with E-state index >= 15 is 0 Å². The van der Waals surface area contributed by atoms with E-state index in [1.165, 1.54) is 12.0 Å². The van der Waals surface area contributed by atoms with Crippen LogP contribution in [0.3, 0.4) is 0 Å². The molecule has 3 aliphatic carbocycles. The van der Waals surface area contributed by atoms with Crippen LogP contribution >= 0.6 is 31.9 Å². The quantitative estimate of drug-likeness (QED) is 0.252. The Hall–Kier alpha value is -2.77. The lowest BCUT2D eigenvalue weighted by atomic mass is 9.54. The third-order valence-electron chi connectivity index (χ3n) is 7.13. The van der Waals surface area contributed by atoms with Gasteiger partial charge in [0.05, 0.1) is 38.8 Å². The molecule has 0 aromatic heterocycles. The van der Waals surface area contributed by atoms with E-state index in [4.69, 9.17) is 4.74 Å². The SMILES string of the molecule is COC(=O)c1ccc(N2C(=O)[C@H]3[C@H](C2=O)C2(Br)c4ccccc4C3(Br)c3ccccc32)cc1. The molecule has 2 amide bonds. The van der Waals surface area contributed by atoms with Gasteiger partial charge in [-0.05, 0) is 46.5 Å². The Labute approximate surface area is 207 Å². The summed E-state index contributed by atoms with van der Waals surface area (Å²) in [5.41, 5.74) is 4.76. The lowest BCUT2D eigenvalue weighted by Crippen LogP contribution is -2.56. The molecule has 3 aromatic rings. The van der Waals surface area contributed by atoms with E-state index in [1.807, 2.05) is 48.5 Å². The van der Waals surface area contributed by atoms with Crippen molar-refractivity contribution in [1.82, 2.24) is 0 Å². The van der Waals surface area contributed by atoms with Gasteiger partial charge in [-0.2, -0.15) is 0 Å². The number of rotatable bonds is 2. The zero-order chi connectivity index (χ0) is 23.1. The van der Waals surface area contributed by atoms with E-state index < -0.39 is 26.5 Å². The van der Waals surface area contributed by atoms with Crippen molar-refractivity contribution in [3.63, 3.8) is 0 Å². The fraction of sp³-hybridized carbons (Fsp3) is 0.192. The first-order chi connectivity index (χ1) is 15.8. The van der Waals surface area contributed by atoms with Crippen LogP contribution in [0, 0.1) is 11.8 Å². The zero-order valence-corrected chi connectivity index (χ0v) is 20.6. The highest BCUT2D eigenvalue weighted by Crippen LogP contribution is 2.70. The number of halogens is 2. The molecule has 33 heavy (non-hydrogen) atoms. The van der Waals surface area contributed by atoms with Crippen molar-refractivity contribution in [1.29, 1.82) is 0 Å². The number of methoxy groups -OCH3 is 1. The van der Waals surface area contributed by atoms with Crippen LogP contribution in [0.2, 0.25) is 0 Å². The van der Waals surface area contributed by atoms with Crippen LogP contribution in [0.15, 0.2) is 72.8 Å². The van der Waals surface area contributed by atoms with Gasteiger partial charge < -0.3 is 4.74 Å². The van der Waals surface area contributed by atoms with Gasteiger partial charge in [0.2, 0.25) is 11.8 Å². The van der Waals surface area contributed by atoms with Gasteiger partial charge in [-0.15, -0.1) is 0 Å². The van der Waals surface area contributed by atoms with E-state index in [2.05, 4.69) is 31.9 Å². The van der Waals surface area contributed by atoms with E-state index in [0.29, 0.717) is 11.3 Å². The predicted octanol–water partition coefficient (Wildman–Crippen LogP) is 4.88. The van der Waals surface area contributed by atoms with Gasteiger partial charge in [0.15, 0.2) is 0 Å². The Morgan fingerprint density at radius 1 is 0.758 bits per heavy atom. The molecule has 7 rings (SSSR count). The van der Waals surface area contributed by atoms with Crippen LogP contribution in [-0.2, 0) is 23.0 Å². The summed E-state index contributed by atoms with van der Waals surface area (Å²) < 4.78 is 3.11. The van der Waals surface area contributed by atoms with E-state index in [0.717, 1.165) is 22.3 Å². The van der Waals surface area contributed by atoms with Crippen molar-refractivity contribution in [2.24, 2.45) is 11.8 Å². The molecule has 0 saturated carbocycles.